The van der Waals surface area contributed by atoms with Crippen LogP contribution in [0.5, 0.6) is 0 Å². The van der Waals surface area contributed by atoms with Crippen molar-refractivity contribution in [3.05, 3.63) is 46.1 Å². The Labute approximate surface area is 175 Å². The van der Waals surface area contributed by atoms with Crippen LogP contribution in [-0.2, 0) is 13.0 Å². The number of rotatable bonds is 3. The minimum absolute atomic E-state index is 0.138. The van der Waals surface area contributed by atoms with Gasteiger partial charge in [0.25, 0.3) is 5.56 Å². The number of nitrogens with zero attached hydrogens (tertiary/aromatic N) is 5. The van der Waals surface area contributed by atoms with Crippen LogP contribution in [0.15, 0.2) is 29.3 Å². The van der Waals surface area contributed by atoms with Gasteiger partial charge in [0.2, 0.25) is 5.95 Å². The SMILES string of the molecule is CN1CCc2[nH]c(=O)c(Nc3ncc4ccnc(N5CCCCCC5)c4n3)cc2C1. The first kappa shape index (κ1) is 19.0. The van der Waals surface area contributed by atoms with Crippen molar-refractivity contribution < 1.29 is 0 Å². The summed E-state index contributed by atoms with van der Waals surface area (Å²) in [5.74, 6) is 1.32. The van der Waals surface area contributed by atoms with Crippen molar-refractivity contribution in [2.24, 2.45) is 0 Å². The van der Waals surface area contributed by atoms with Gasteiger partial charge in [-0.05, 0) is 37.6 Å². The van der Waals surface area contributed by atoms with Crippen molar-refractivity contribution >= 4 is 28.4 Å². The summed E-state index contributed by atoms with van der Waals surface area (Å²) in [4.78, 5) is 34.0. The van der Waals surface area contributed by atoms with Gasteiger partial charge >= 0.3 is 0 Å². The zero-order valence-corrected chi connectivity index (χ0v) is 17.3. The highest BCUT2D eigenvalue weighted by molar-refractivity contribution is 5.88. The molecule has 0 unspecified atom stereocenters. The lowest BCUT2D eigenvalue weighted by molar-refractivity contribution is 0.310. The van der Waals surface area contributed by atoms with E-state index in [0.717, 1.165) is 60.6 Å². The molecule has 1 fully saturated rings. The molecule has 5 heterocycles. The number of anilines is 3. The molecule has 2 aliphatic heterocycles. The number of aromatic amines is 1. The van der Waals surface area contributed by atoms with E-state index in [-0.39, 0.29) is 5.56 Å². The summed E-state index contributed by atoms with van der Waals surface area (Å²) in [5.41, 5.74) is 3.32. The molecule has 156 valence electrons. The van der Waals surface area contributed by atoms with E-state index in [2.05, 4.69) is 37.1 Å². The third-order valence-corrected chi connectivity index (χ3v) is 6.03. The topological polar surface area (TPSA) is 90.0 Å². The van der Waals surface area contributed by atoms with E-state index in [4.69, 9.17) is 4.98 Å². The molecule has 0 saturated carbocycles. The number of nitrogens with one attached hydrogen (secondary N) is 2. The molecule has 0 aliphatic carbocycles. The van der Waals surface area contributed by atoms with Crippen LogP contribution in [0.3, 0.4) is 0 Å². The van der Waals surface area contributed by atoms with E-state index in [1.165, 1.54) is 25.7 Å². The fraction of sp³-hybridized carbons (Fsp3) is 0.455. The number of likely N-dealkylation sites (N-methyl/N-ethyl adjacent to an activating group) is 1. The Morgan fingerprint density at radius 1 is 1.10 bits per heavy atom. The smallest absolute Gasteiger partial charge is 0.271 e. The summed E-state index contributed by atoms with van der Waals surface area (Å²) in [6, 6.07) is 3.86. The standard InChI is InChI=1S/C22H27N7O/c1-28-11-7-17-16(14-28)12-18(21(30)25-17)26-22-24-13-15-6-8-23-20(19(15)27-22)29-9-4-2-3-5-10-29/h6,8,12-13H,2-5,7,9-11,14H2,1H3,(H,25,30)(H,24,26,27). The van der Waals surface area contributed by atoms with Gasteiger partial charge in [-0.2, -0.15) is 0 Å². The molecule has 0 bridgehead atoms. The lowest BCUT2D eigenvalue weighted by Crippen LogP contribution is -2.29. The third-order valence-electron chi connectivity index (χ3n) is 6.03. The molecule has 0 atom stereocenters. The maximum atomic E-state index is 12.6. The van der Waals surface area contributed by atoms with E-state index >= 15 is 0 Å². The molecule has 0 spiro atoms. The van der Waals surface area contributed by atoms with Crippen LogP contribution < -0.4 is 15.8 Å². The quantitative estimate of drug-likeness (QED) is 0.692. The molecule has 2 aliphatic rings. The van der Waals surface area contributed by atoms with Crippen molar-refractivity contribution in [2.45, 2.75) is 38.6 Å². The maximum Gasteiger partial charge on any atom is 0.271 e. The van der Waals surface area contributed by atoms with Crippen LogP contribution in [0.25, 0.3) is 10.9 Å². The van der Waals surface area contributed by atoms with Gasteiger partial charge in [-0.15, -0.1) is 0 Å². The highest BCUT2D eigenvalue weighted by Crippen LogP contribution is 2.26. The summed E-state index contributed by atoms with van der Waals surface area (Å²) in [6.45, 7) is 3.77. The van der Waals surface area contributed by atoms with Gasteiger partial charge < -0.3 is 20.1 Å². The van der Waals surface area contributed by atoms with Gasteiger partial charge in [0, 0.05) is 56.1 Å². The average molecular weight is 406 g/mol. The summed E-state index contributed by atoms with van der Waals surface area (Å²) in [7, 11) is 2.09. The Morgan fingerprint density at radius 2 is 1.93 bits per heavy atom. The van der Waals surface area contributed by atoms with Crippen LogP contribution in [0.4, 0.5) is 17.5 Å². The first-order chi connectivity index (χ1) is 14.7. The zero-order valence-electron chi connectivity index (χ0n) is 17.3. The van der Waals surface area contributed by atoms with Crippen LogP contribution in [-0.4, -0.2) is 51.5 Å². The molecular weight excluding hydrogens is 378 g/mol. The Kier molecular flexibility index (Phi) is 5.08. The number of hydrogen-bond donors (Lipinski definition) is 2. The van der Waals surface area contributed by atoms with Crippen molar-refractivity contribution in [1.29, 1.82) is 0 Å². The molecule has 5 rings (SSSR count). The molecule has 8 nitrogen and oxygen atoms in total. The van der Waals surface area contributed by atoms with Gasteiger partial charge in [-0.25, -0.2) is 15.0 Å². The van der Waals surface area contributed by atoms with Crippen LogP contribution in [0.2, 0.25) is 0 Å². The maximum absolute atomic E-state index is 12.6. The van der Waals surface area contributed by atoms with Gasteiger partial charge in [0.1, 0.15) is 11.2 Å². The fourth-order valence-corrected chi connectivity index (χ4v) is 4.38. The second kappa shape index (κ2) is 8.02. The second-order valence-electron chi connectivity index (χ2n) is 8.30. The van der Waals surface area contributed by atoms with Gasteiger partial charge in [-0.3, -0.25) is 4.79 Å². The van der Waals surface area contributed by atoms with E-state index in [1.54, 1.807) is 6.20 Å². The average Bonchev–Trinajstić information content (AvgIpc) is 3.03. The fourth-order valence-electron chi connectivity index (χ4n) is 4.38. The molecule has 8 heteroatoms. The van der Waals surface area contributed by atoms with Crippen molar-refractivity contribution in [3.63, 3.8) is 0 Å². The summed E-state index contributed by atoms with van der Waals surface area (Å²) in [6.07, 6.45) is 9.36. The van der Waals surface area contributed by atoms with Gasteiger partial charge in [-0.1, -0.05) is 12.8 Å². The van der Waals surface area contributed by atoms with E-state index in [1.807, 2.05) is 18.3 Å². The Morgan fingerprint density at radius 3 is 2.77 bits per heavy atom. The second-order valence-corrected chi connectivity index (χ2v) is 8.30. The Bertz CT molecular complexity index is 1120. The zero-order chi connectivity index (χ0) is 20.5. The third kappa shape index (κ3) is 3.75. The monoisotopic (exact) mass is 405 g/mol. The molecule has 0 radical (unpaired) electrons. The minimum Gasteiger partial charge on any atom is -0.355 e. The molecule has 3 aromatic heterocycles. The molecule has 3 aromatic rings. The summed E-state index contributed by atoms with van der Waals surface area (Å²) >= 11 is 0. The molecule has 0 aromatic carbocycles. The first-order valence-electron chi connectivity index (χ1n) is 10.7. The van der Waals surface area contributed by atoms with E-state index in [9.17, 15) is 4.79 Å². The molecule has 0 amide bonds. The number of pyridine rings is 2. The lowest BCUT2D eigenvalue weighted by atomic mass is 10.1. The molecule has 1 saturated heterocycles. The highest BCUT2D eigenvalue weighted by Gasteiger charge is 2.18. The highest BCUT2D eigenvalue weighted by atomic mass is 16.1. The molecule has 30 heavy (non-hydrogen) atoms. The van der Waals surface area contributed by atoms with E-state index in [0.29, 0.717) is 11.6 Å². The molecule has 2 N–H and O–H groups in total. The van der Waals surface area contributed by atoms with Gasteiger partial charge in [0.05, 0.1) is 0 Å². The number of H-pyrrole nitrogens is 1. The van der Waals surface area contributed by atoms with Crippen LogP contribution in [0.1, 0.15) is 36.9 Å². The Hall–Kier alpha value is -3.00. The Balaban J connectivity index is 1.49. The van der Waals surface area contributed by atoms with Crippen molar-refractivity contribution in [3.8, 4) is 0 Å². The van der Waals surface area contributed by atoms with E-state index < -0.39 is 0 Å². The van der Waals surface area contributed by atoms with Gasteiger partial charge in [0.15, 0.2) is 5.82 Å². The summed E-state index contributed by atoms with van der Waals surface area (Å²) in [5, 5.41) is 4.10. The number of fused-ring (bicyclic) bond motifs is 2. The predicted octanol–water partition coefficient (Wildman–Crippen LogP) is 2.83. The normalized spacial score (nSPS) is 17.6. The predicted molar refractivity (Wildman–Crippen MR) is 118 cm³/mol. The van der Waals surface area contributed by atoms with Crippen LogP contribution >= 0.6 is 0 Å². The van der Waals surface area contributed by atoms with Crippen LogP contribution in [0, 0.1) is 0 Å². The molecular formula is C22H27N7O. The lowest BCUT2D eigenvalue weighted by Gasteiger charge is -2.25. The number of aromatic nitrogens is 4. The largest absolute Gasteiger partial charge is 0.355 e. The van der Waals surface area contributed by atoms with Crippen molar-refractivity contribution in [1.82, 2.24) is 24.8 Å². The number of hydrogen-bond acceptors (Lipinski definition) is 7. The van der Waals surface area contributed by atoms with Crippen molar-refractivity contribution in [2.75, 3.05) is 36.9 Å². The minimum atomic E-state index is -0.138. The summed E-state index contributed by atoms with van der Waals surface area (Å²) < 4.78 is 0. The first-order valence-corrected chi connectivity index (χ1v) is 10.7.